The van der Waals surface area contributed by atoms with E-state index in [9.17, 15) is 23.1 Å². The Labute approximate surface area is 138 Å². The van der Waals surface area contributed by atoms with Crippen molar-refractivity contribution in [1.82, 2.24) is 10.2 Å². The minimum Gasteiger partial charge on any atom is -0.387 e. The third-order valence-corrected chi connectivity index (χ3v) is 3.75. The van der Waals surface area contributed by atoms with Crippen molar-refractivity contribution in [1.29, 1.82) is 0 Å². The Morgan fingerprint density at radius 2 is 2.00 bits per heavy atom. The number of aliphatic hydroxyl groups is 1. The molecule has 1 aromatic carbocycles. The van der Waals surface area contributed by atoms with Gasteiger partial charge in [-0.2, -0.15) is 13.2 Å². The van der Waals surface area contributed by atoms with Gasteiger partial charge in [0.15, 0.2) is 0 Å². The number of benzene rings is 1. The van der Waals surface area contributed by atoms with Crippen molar-refractivity contribution in [3.05, 3.63) is 35.4 Å². The van der Waals surface area contributed by atoms with Crippen molar-refractivity contribution in [2.45, 2.75) is 18.7 Å². The molecular formula is C16H21F3N2O3. The van der Waals surface area contributed by atoms with Gasteiger partial charge in [0.1, 0.15) is 0 Å². The second kappa shape index (κ2) is 7.50. The highest BCUT2D eigenvalue weighted by Crippen LogP contribution is 2.29. The lowest BCUT2D eigenvalue weighted by Crippen LogP contribution is -2.51. The number of hydrogen-bond donors (Lipinski definition) is 2. The summed E-state index contributed by atoms with van der Waals surface area (Å²) in [6, 6.07) is 4.20. The van der Waals surface area contributed by atoms with Crippen LogP contribution in [0.2, 0.25) is 0 Å². The molecule has 5 nitrogen and oxygen atoms in total. The van der Waals surface area contributed by atoms with Gasteiger partial charge in [-0.15, -0.1) is 0 Å². The maximum absolute atomic E-state index is 12.7. The summed E-state index contributed by atoms with van der Waals surface area (Å²) in [6.07, 6.45) is -4.50. The molecule has 2 N–H and O–H groups in total. The number of alkyl halides is 3. The van der Waals surface area contributed by atoms with Crippen molar-refractivity contribution in [3.63, 3.8) is 0 Å². The first kappa shape index (κ1) is 18.7. The molecule has 1 aromatic rings. The standard InChI is InChI=1S/C16H21F3N2O3/c1-15(23,11-21-5-7-24-8-6-21)10-20-14(22)12-3-2-4-13(9-12)16(17,18)19/h2-4,9,23H,5-8,10-11H2,1H3,(H,20,22). The summed E-state index contributed by atoms with van der Waals surface area (Å²) in [5, 5.41) is 12.9. The highest BCUT2D eigenvalue weighted by Gasteiger charge is 2.31. The first-order valence-corrected chi connectivity index (χ1v) is 7.65. The minimum atomic E-state index is -4.50. The molecule has 24 heavy (non-hydrogen) atoms. The first-order chi connectivity index (χ1) is 11.2. The molecule has 1 amide bonds. The summed E-state index contributed by atoms with van der Waals surface area (Å²) in [6.45, 7) is 4.43. The maximum Gasteiger partial charge on any atom is 0.416 e. The van der Waals surface area contributed by atoms with Crippen molar-refractivity contribution in [2.75, 3.05) is 39.4 Å². The number of rotatable bonds is 5. The van der Waals surface area contributed by atoms with Crippen LogP contribution in [0.25, 0.3) is 0 Å². The van der Waals surface area contributed by atoms with Crippen LogP contribution in [-0.4, -0.2) is 60.9 Å². The van der Waals surface area contributed by atoms with Crippen LogP contribution < -0.4 is 5.32 Å². The average molecular weight is 346 g/mol. The van der Waals surface area contributed by atoms with Crippen LogP contribution in [0.15, 0.2) is 24.3 Å². The number of hydrogen-bond acceptors (Lipinski definition) is 4. The van der Waals surface area contributed by atoms with E-state index in [1.807, 2.05) is 4.90 Å². The fraction of sp³-hybridized carbons (Fsp3) is 0.562. The highest BCUT2D eigenvalue weighted by molar-refractivity contribution is 5.94. The predicted octanol–water partition coefficient (Wildman–Crippen LogP) is 1.52. The lowest BCUT2D eigenvalue weighted by atomic mass is 10.1. The number of morpholine rings is 1. The molecule has 1 unspecified atom stereocenters. The molecule has 2 rings (SSSR count). The van der Waals surface area contributed by atoms with E-state index in [4.69, 9.17) is 4.74 Å². The molecule has 8 heteroatoms. The third-order valence-electron chi connectivity index (χ3n) is 3.75. The van der Waals surface area contributed by atoms with E-state index >= 15 is 0 Å². The van der Waals surface area contributed by atoms with E-state index in [0.717, 1.165) is 12.1 Å². The Kier molecular flexibility index (Phi) is 5.84. The Morgan fingerprint density at radius 1 is 1.33 bits per heavy atom. The summed E-state index contributed by atoms with van der Waals surface area (Å²) in [5.41, 5.74) is -2.16. The molecule has 0 aromatic heterocycles. The van der Waals surface area contributed by atoms with E-state index in [-0.39, 0.29) is 12.1 Å². The molecule has 1 atom stereocenters. The lowest BCUT2D eigenvalue weighted by Gasteiger charge is -2.33. The van der Waals surface area contributed by atoms with Crippen LogP contribution in [0, 0.1) is 0 Å². The average Bonchev–Trinajstić information content (AvgIpc) is 2.52. The molecule has 1 heterocycles. The van der Waals surface area contributed by atoms with Gasteiger partial charge in [0.2, 0.25) is 0 Å². The van der Waals surface area contributed by atoms with Gasteiger partial charge in [-0.05, 0) is 25.1 Å². The maximum atomic E-state index is 12.7. The van der Waals surface area contributed by atoms with Gasteiger partial charge in [0, 0.05) is 31.7 Å². The van der Waals surface area contributed by atoms with Crippen LogP contribution in [0.5, 0.6) is 0 Å². The number of ether oxygens (including phenoxy) is 1. The number of nitrogens with zero attached hydrogens (tertiary/aromatic N) is 1. The fourth-order valence-electron chi connectivity index (χ4n) is 2.51. The zero-order valence-corrected chi connectivity index (χ0v) is 13.4. The quantitative estimate of drug-likeness (QED) is 0.849. The van der Waals surface area contributed by atoms with E-state index < -0.39 is 23.2 Å². The Morgan fingerprint density at radius 3 is 2.62 bits per heavy atom. The van der Waals surface area contributed by atoms with Gasteiger partial charge in [-0.3, -0.25) is 9.69 Å². The summed E-state index contributed by atoms with van der Waals surface area (Å²) < 4.78 is 43.3. The monoisotopic (exact) mass is 346 g/mol. The molecule has 134 valence electrons. The number of carbonyl (C=O) groups excluding carboxylic acids is 1. The third kappa shape index (κ3) is 5.47. The van der Waals surface area contributed by atoms with Crippen LogP contribution in [-0.2, 0) is 10.9 Å². The SMILES string of the molecule is CC(O)(CNC(=O)c1cccc(C(F)(F)F)c1)CN1CCOCC1. The van der Waals surface area contributed by atoms with Gasteiger partial charge < -0.3 is 15.2 Å². The van der Waals surface area contributed by atoms with E-state index in [2.05, 4.69) is 5.32 Å². The smallest absolute Gasteiger partial charge is 0.387 e. The van der Waals surface area contributed by atoms with E-state index in [1.54, 1.807) is 6.92 Å². The molecule has 1 aliphatic rings. The summed E-state index contributed by atoms with van der Waals surface area (Å²) in [7, 11) is 0. The van der Waals surface area contributed by atoms with Gasteiger partial charge in [0.25, 0.3) is 5.91 Å². The van der Waals surface area contributed by atoms with E-state index in [0.29, 0.717) is 32.8 Å². The van der Waals surface area contributed by atoms with Crippen LogP contribution in [0.4, 0.5) is 13.2 Å². The van der Waals surface area contributed by atoms with Crippen LogP contribution in [0.3, 0.4) is 0 Å². The summed E-state index contributed by atoms with van der Waals surface area (Å²) in [4.78, 5) is 14.1. The molecule has 0 saturated carbocycles. The van der Waals surface area contributed by atoms with Crippen LogP contribution in [0.1, 0.15) is 22.8 Å². The van der Waals surface area contributed by atoms with Gasteiger partial charge in [-0.1, -0.05) is 6.07 Å². The van der Waals surface area contributed by atoms with Gasteiger partial charge >= 0.3 is 6.18 Å². The Bertz CT molecular complexity index is 570. The Balaban J connectivity index is 1.92. The second-order valence-corrected chi connectivity index (χ2v) is 6.15. The van der Waals surface area contributed by atoms with Crippen molar-refractivity contribution >= 4 is 5.91 Å². The predicted molar refractivity (Wildman–Crippen MR) is 81.7 cm³/mol. The zero-order chi connectivity index (χ0) is 17.8. The highest BCUT2D eigenvalue weighted by atomic mass is 19.4. The van der Waals surface area contributed by atoms with Crippen molar-refractivity contribution in [3.8, 4) is 0 Å². The number of β-amino-alcohol motifs (C(OH)–C–C–N with tert-alkyl or cyclic N) is 1. The molecule has 1 fully saturated rings. The van der Waals surface area contributed by atoms with Gasteiger partial charge in [-0.25, -0.2) is 0 Å². The van der Waals surface area contributed by atoms with E-state index in [1.165, 1.54) is 12.1 Å². The number of amides is 1. The molecule has 1 aliphatic heterocycles. The van der Waals surface area contributed by atoms with Gasteiger partial charge in [0.05, 0.1) is 24.4 Å². The molecular weight excluding hydrogens is 325 g/mol. The molecule has 1 saturated heterocycles. The topological polar surface area (TPSA) is 61.8 Å². The normalized spacial score (nSPS) is 18.9. The molecule has 0 aliphatic carbocycles. The first-order valence-electron chi connectivity index (χ1n) is 7.65. The second-order valence-electron chi connectivity index (χ2n) is 6.15. The molecule has 0 radical (unpaired) electrons. The van der Waals surface area contributed by atoms with Crippen molar-refractivity contribution in [2.24, 2.45) is 0 Å². The fourth-order valence-corrected chi connectivity index (χ4v) is 2.51. The lowest BCUT2D eigenvalue weighted by molar-refractivity contribution is -0.137. The van der Waals surface area contributed by atoms with Crippen LogP contribution >= 0.6 is 0 Å². The Hall–Kier alpha value is -1.64. The van der Waals surface area contributed by atoms with Crippen molar-refractivity contribution < 1.29 is 27.8 Å². The number of halogens is 3. The molecule has 0 spiro atoms. The minimum absolute atomic E-state index is 0.0561. The summed E-state index contributed by atoms with van der Waals surface area (Å²) in [5.74, 6) is -0.650. The molecule has 0 bridgehead atoms. The number of nitrogens with one attached hydrogen (secondary N) is 1. The summed E-state index contributed by atoms with van der Waals surface area (Å²) >= 11 is 0. The number of carbonyl (C=O) groups is 1. The zero-order valence-electron chi connectivity index (χ0n) is 13.4. The largest absolute Gasteiger partial charge is 0.416 e.